The third-order valence-electron chi connectivity index (χ3n) is 14.3. The molecule has 372 valence electrons. The molecule has 6 heteroatoms. The Morgan fingerprint density at radius 3 is 1.61 bits per heavy atom. The highest BCUT2D eigenvalue weighted by molar-refractivity contribution is 6.37. The number of hydrogen-bond acceptors (Lipinski definition) is 5. The summed E-state index contributed by atoms with van der Waals surface area (Å²) in [5.41, 5.74) is 18.9. The van der Waals surface area contributed by atoms with Crippen molar-refractivity contribution in [1.29, 1.82) is 0 Å². The van der Waals surface area contributed by atoms with Crippen LogP contribution >= 0.6 is 11.6 Å². The summed E-state index contributed by atoms with van der Waals surface area (Å²) in [6.07, 6.45) is 1.90. The van der Waals surface area contributed by atoms with Gasteiger partial charge >= 0.3 is 0 Å². The van der Waals surface area contributed by atoms with Gasteiger partial charge in [0.05, 0.1) is 33.5 Å². The monoisotopic (exact) mass is 999 g/mol. The smallest absolute Gasteiger partial charge is 0.136 e. The first kappa shape index (κ1) is 49.0. The fourth-order valence-electron chi connectivity index (χ4n) is 10.5. The second kappa shape index (κ2) is 19.5. The topological polar surface area (TPSA) is 36.0 Å². The number of nitrogens with zero attached hydrogens (tertiary/aromatic N) is 3. The van der Waals surface area contributed by atoms with Gasteiger partial charge in [-0.1, -0.05) is 162 Å². The maximum Gasteiger partial charge on any atom is 0.136 e. The Balaban J connectivity index is 1.20. The molecule has 11 aromatic rings. The van der Waals surface area contributed by atoms with Crippen LogP contribution in [0.25, 0.3) is 44.4 Å². The van der Waals surface area contributed by atoms with Gasteiger partial charge in [-0.25, -0.2) is 0 Å². The van der Waals surface area contributed by atoms with Crippen molar-refractivity contribution >= 4 is 84.7 Å². The molecule has 0 amide bonds. The van der Waals surface area contributed by atoms with Crippen LogP contribution in [0.1, 0.15) is 69.4 Å². The molecule has 2 heterocycles. The van der Waals surface area contributed by atoms with Gasteiger partial charge < -0.3 is 23.5 Å². The van der Waals surface area contributed by atoms with Gasteiger partial charge in [0.25, 0.3) is 0 Å². The summed E-state index contributed by atoms with van der Waals surface area (Å²) in [6, 6.07) is 73.1. The second-order valence-electron chi connectivity index (χ2n) is 21.9. The van der Waals surface area contributed by atoms with E-state index in [1.54, 1.807) is 0 Å². The van der Waals surface area contributed by atoms with Crippen LogP contribution in [0.3, 0.4) is 0 Å². The first-order valence-electron chi connectivity index (χ1n) is 25.8. The van der Waals surface area contributed by atoms with Crippen molar-refractivity contribution in [3.8, 4) is 22.5 Å². The maximum absolute atomic E-state index is 8.33. The van der Waals surface area contributed by atoms with Crippen LogP contribution in [0.2, 0.25) is 5.02 Å². The molecular weight excluding hydrogens is 938 g/mol. The SMILES string of the molecule is Cc1cc(N(c2cccc(N(c3ccccc3)c3ccccc3)c2)c2ccc(-c3cc4ccccc4o3)cc2-c2ccccc2)c(Cl)c(N(c2c(C)cc(C(C)(C)C)cc2C)c2coc3ccc(C(C)(C)C)cc23)c1. The summed E-state index contributed by atoms with van der Waals surface area (Å²) in [5, 5.41) is 2.65. The van der Waals surface area contributed by atoms with E-state index >= 15 is 0 Å². The largest absolute Gasteiger partial charge is 0.462 e. The third-order valence-corrected chi connectivity index (χ3v) is 14.7. The molecule has 2 aromatic heterocycles. The van der Waals surface area contributed by atoms with Crippen molar-refractivity contribution in [3.63, 3.8) is 0 Å². The predicted molar refractivity (Wildman–Crippen MR) is 318 cm³/mol. The number of halogens is 1. The Morgan fingerprint density at radius 1 is 0.413 bits per heavy atom. The Kier molecular flexibility index (Phi) is 12.8. The van der Waals surface area contributed by atoms with Crippen LogP contribution in [0.15, 0.2) is 221 Å². The van der Waals surface area contributed by atoms with Crippen molar-refractivity contribution < 1.29 is 8.83 Å². The molecule has 5 nitrogen and oxygen atoms in total. The predicted octanol–water partition coefficient (Wildman–Crippen LogP) is 21.1. The summed E-state index contributed by atoms with van der Waals surface area (Å²) in [4.78, 5) is 6.99. The molecule has 0 aliphatic carbocycles. The number of aryl methyl sites for hydroxylation is 3. The van der Waals surface area contributed by atoms with Gasteiger partial charge in [-0.15, -0.1) is 0 Å². The lowest BCUT2D eigenvalue weighted by Crippen LogP contribution is -2.18. The molecule has 0 unspecified atom stereocenters. The van der Waals surface area contributed by atoms with Gasteiger partial charge in [0.15, 0.2) is 0 Å². The molecule has 0 atom stereocenters. The van der Waals surface area contributed by atoms with Crippen LogP contribution in [0, 0.1) is 20.8 Å². The number of fused-ring (bicyclic) bond motifs is 2. The lowest BCUT2D eigenvalue weighted by Gasteiger charge is -2.34. The van der Waals surface area contributed by atoms with Crippen molar-refractivity contribution in [3.05, 3.63) is 245 Å². The number of hydrogen-bond donors (Lipinski definition) is 0. The van der Waals surface area contributed by atoms with Crippen LogP contribution in [-0.4, -0.2) is 0 Å². The standard InChI is InChI=1S/C69H62ClN3O2/c1-45-36-60(66(70)61(37-45)73(67-46(2)38-52(39-47(67)3)69(7,8)9)62-44-74-64-35-33-51(42-58(62)64)68(4,5)6)72(56-30-21-29-55(43-56)71(53-25-15-11-16-26-53)54-27-17-12-18-28-54)59-34-32-50(40-57(59)48-22-13-10-14-23-48)65-41-49-24-19-20-31-63(49)75-65/h10-44H,1-9H3. The van der Waals surface area contributed by atoms with Gasteiger partial charge in [-0.05, 0) is 162 Å². The zero-order valence-electron chi connectivity index (χ0n) is 44.2. The zero-order valence-corrected chi connectivity index (χ0v) is 45.0. The molecule has 0 aliphatic rings. The second-order valence-corrected chi connectivity index (χ2v) is 22.2. The van der Waals surface area contributed by atoms with E-state index < -0.39 is 0 Å². The van der Waals surface area contributed by atoms with Crippen molar-refractivity contribution in [2.75, 3.05) is 14.7 Å². The lowest BCUT2D eigenvalue weighted by molar-refractivity contribution is 0.589. The third kappa shape index (κ3) is 9.50. The number of benzene rings is 9. The minimum Gasteiger partial charge on any atom is -0.462 e. The molecule has 0 N–H and O–H groups in total. The fourth-order valence-corrected chi connectivity index (χ4v) is 10.7. The van der Waals surface area contributed by atoms with Crippen LogP contribution in [-0.2, 0) is 10.8 Å². The van der Waals surface area contributed by atoms with E-state index in [9.17, 15) is 0 Å². The Bertz CT molecular complexity index is 3760. The molecule has 0 fully saturated rings. The van der Waals surface area contributed by atoms with Gasteiger partial charge in [-0.2, -0.15) is 0 Å². The molecule has 75 heavy (non-hydrogen) atoms. The Hall–Kier alpha value is -8.25. The average Bonchev–Trinajstić information content (AvgIpc) is 4.05. The van der Waals surface area contributed by atoms with Gasteiger partial charge in [-0.3, -0.25) is 0 Å². The molecule has 0 saturated carbocycles. The van der Waals surface area contributed by atoms with Crippen LogP contribution in [0.4, 0.5) is 51.2 Å². The Labute approximate surface area is 446 Å². The molecule has 0 aliphatic heterocycles. The first-order valence-corrected chi connectivity index (χ1v) is 26.2. The summed E-state index contributed by atoms with van der Waals surface area (Å²) >= 11 is 8.33. The number of furan rings is 2. The highest BCUT2D eigenvalue weighted by Gasteiger charge is 2.30. The molecule has 0 spiro atoms. The lowest BCUT2D eigenvalue weighted by atomic mass is 9.84. The number of para-hydroxylation sites is 3. The summed E-state index contributed by atoms with van der Waals surface area (Å²) in [7, 11) is 0. The molecule has 0 saturated heterocycles. The quantitative estimate of drug-likeness (QED) is 0.129. The van der Waals surface area contributed by atoms with Crippen LogP contribution in [0.5, 0.6) is 0 Å². The van der Waals surface area contributed by atoms with E-state index in [2.05, 4.69) is 265 Å². The van der Waals surface area contributed by atoms with E-state index in [1.165, 1.54) is 11.1 Å². The van der Waals surface area contributed by atoms with Gasteiger partial charge in [0.2, 0.25) is 0 Å². The van der Waals surface area contributed by atoms with E-state index in [1.807, 2.05) is 24.5 Å². The normalized spacial score (nSPS) is 11.9. The average molecular weight is 1000 g/mol. The minimum absolute atomic E-state index is 0.0565. The minimum atomic E-state index is -0.0933. The summed E-state index contributed by atoms with van der Waals surface area (Å²) < 4.78 is 13.1. The molecular formula is C69H62ClN3O2. The Morgan fingerprint density at radius 2 is 0.987 bits per heavy atom. The van der Waals surface area contributed by atoms with Crippen molar-refractivity contribution in [2.24, 2.45) is 0 Å². The van der Waals surface area contributed by atoms with E-state index in [-0.39, 0.29) is 10.8 Å². The number of rotatable bonds is 11. The van der Waals surface area contributed by atoms with E-state index in [0.29, 0.717) is 5.02 Å². The molecule has 0 bridgehead atoms. The molecule has 0 radical (unpaired) electrons. The highest BCUT2D eigenvalue weighted by Crippen LogP contribution is 2.53. The fraction of sp³-hybridized carbons (Fsp3) is 0.159. The van der Waals surface area contributed by atoms with Crippen molar-refractivity contribution in [1.82, 2.24) is 0 Å². The van der Waals surface area contributed by atoms with E-state index in [0.717, 1.165) is 112 Å². The van der Waals surface area contributed by atoms with E-state index in [4.69, 9.17) is 20.4 Å². The van der Waals surface area contributed by atoms with Crippen molar-refractivity contribution in [2.45, 2.75) is 73.1 Å². The van der Waals surface area contributed by atoms with Gasteiger partial charge in [0, 0.05) is 44.6 Å². The zero-order chi connectivity index (χ0) is 52.2. The molecule has 9 aromatic carbocycles. The maximum atomic E-state index is 8.33. The van der Waals surface area contributed by atoms with Crippen LogP contribution < -0.4 is 14.7 Å². The summed E-state index contributed by atoms with van der Waals surface area (Å²) in [5.74, 6) is 0.798. The molecule has 11 rings (SSSR count). The van der Waals surface area contributed by atoms with Gasteiger partial charge in [0.1, 0.15) is 23.2 Å². The number of anilines is 9. The first-order chi connectivity index (χ1) is 36.1. The highest BCUT2D eigenvalue weighted by atomic mass is 35.5. The summed E-state index contributed by atoms with van der Waals surface area (Å²) in [6.45, 7) is 20.2.